The summed E-state index contributed by atoms with van der Waals surface area (Å²) in [7, 11) is 3.65. The van der Waals surface area contributed by atoms with Crippen molar-refractivity contribution in [2.75, 3.05) is 20.7 Å². The molecule has 3 amide bonds. The molecule has 0 spiro atoms. The first-order valence-electron chi connectivity index (χ1n) is 13.5. The van der Waals surface area contributed by atoms with Crippen LogP contribution in [0.1, 0.15) is 74.7 Å². The Hall–Kier alpha value is -2.04. The van der Waals surface area contributed by atoms with E-state index >= 15 is 0 Å². The van der Waals surface area contributed by atoms with Crippen molar-refractivity contribution < 1.29 is 29.0 Å². The molecule has 0 radical (unpaired) electrons. The van der Waals surface area contributed by atoms with Crippen molar-refractivity contribution in [2.45, 2.75) is 111 Å². The van der Waals surface area contributed by atoms with Crippen molar-refractivity contribution in [2.24, 2.45) is 17.8 Å². The number of nitrogens with one attached hydrogen (secondary N) is 3. The van der Waals surface area contributed by atoms with Crippen LogP contribution in [0.3, 0.4) is 0 Å². The Kier molecular flexibility index (Phi) is 12.7. The van der Waals surface area contributed by atoms with Gasteiger partial charge in [-0.2, -0.15) is 0 Å². The van der Waals surface area contributed by atoms with E-state index in [1.807, 2.05) is 60.5 Å². The number of epoxide rings is 1. The topological polar surface area (TPSA) is 140 Å². The minimum atomic E-state index is -1.30. The lowest BCUT2D eigenvalue weighted by molar-refractivity contribution is -0.137. The van der Waals surface area contributed by atoms with Crippen LogP contribution in [-0.2, 0) is 23.9 Å². The zero-order valence-corrected chi connectivity index (χ0v) is 24.4. The number of carbonyl (C=O) groups is 4. The molecule has 1 rings (SSSR count). The predicted molar refractivity (Wildman–Crippen MR) is 143 cm³/mol. The molecule has 1 heterocycles. The van der Waals surface area contributed by atoms with Gasteiger partial charge in [0.05, 0.1) is 24.8 Å². The van der Waals surface area contributed by atoms with Crippen molar-refractivity contribution in [3.63, 3.8) is 0 Å². The van der Waals surface area contributed by atoms with Gasteiger partial charge in [-0.05, 0) is 52.1 Å². The number of rotatable bonds is 16. The maximum Gasteiger partial charge on any atom is 0.245 e. The van der Waals surface area contributed by atoms with Gasteiger partial charge in [0, 0.05) is 0 Å². The Bertz CT molecular complexity index is 796. The van der Waals surface area contributed by atoms with E-state index in [1.165, 1.54) is 6.92 Å². The van der Waals surface area contributed by atoms with Gasteiger partial charge in [-0.1, -0.05) is 54.4 Å². The van der Waals surface area contributed by atoms with Crippen LogP contribution in [0.4, 0.5) is 0 Å². The highest BCUT2D eigenvalue weighted by Crippen LogP contribution is 2.29. The van der Waals surface area contributed by atoms with Gasteiger partial charge < -0.3 is 25.8 Å². The SMILES string of the molecule is CC[C@H](C)[C@H](NC(=O)[C@H]([C@@H](C)CC)N(C)C)C(=O)N[C@H](C(=O)NC(CC(C)C)C(=O)[C@@]1(C)CO1)[C@@H](C)O. The highest BCUT2D eigenvalue weighted by Gasteiger charge is 2.50. The average Bonchev–Trinajstić information content (AvgIpc) is 3.56. The molecular weight excluding hydrogens is 476 g/mol. The summed E-state index contributed by atoms with van der Waals surface area (Å²) in [6.07, 6.45) is 0.580. The number of amides is 3. The number of hydrogen-bond donors (Lipinski definition) is 4. The van der Waals surface area contributed by atoms with Crippen molar-refractivity contribution >= 4 is 23.5 Å². The van der Waals surface area contributed by atoms with E-state index in [0.717, 1.165) is 6.42 Å². The summed E-state index contributed by atoms with van der Waals surface area (Å²) in [6.45, 7) is 15.0. The summed E-state index contributed by atoms with van der Waals surface area (Å²) in [6, 6.07) is -3.43. The fraction of sp³-hybridized carbons (Fsp3) is 0.852. The fourth-order valence-corrected chi connectivity index (χ4v) is 4.40. The minimum absolute atomic E-state index is 0.0689. The van der Waals surface area contributed by atoms with Gasteiger partial charge >= 0.3 is 0 Å². The zero-order valence-electron chi connectivity index (χ0n) is 24.4. The molecular formula is C27H50N4O6. The zero-order chi connectivity index (χ0) is 28.7. The summed E-state index contributed by atoms with van der Waals surface area (Å²) < 4.78 is 5.28. The summed E-state index contributed by atoms with van der Waals surface area (Å²) >= 11 is 0. The van der Waals surface area contributed by atoms with Crippen molar-refractivity contribution in [1.29, 1.82) is 0 Å². The Morgan fingerprint density at radius 3 is 1.76 bits per heavy atom. The van der Waals surface area contributed by atoms with E-state index in [9.17, 15) is 24.3 Å². The van der Waals surface area contributed by atoms with Crippen LogP contribution >= 0.6 is 0 Å². The van der Waals surface area contributed by atoms with Crippen LogP contribution in [0.25, 0.3) is 0 Å². The molecule has 8 atom stereocenters. The van der Waals surface area contributed by atoms with Gasteiger partial charge in [0.15, 0.2) is 5.78 Å². The Balaban J connectivity index is 3.08. The molecule has 0 aromatic rings. The first kappa shape index (κ1) is 33.0. The largest absolute Gasteiger partial charge is 0.391 e. The number of carbonyl (C=O) groups excluding carboxylic acids is 4. The fourth-order valence-electron chi connectivity index (χ4n) is 4.40. The summed E-state index contributed by atoms with van der Waals surface area (Å²) in [5.41, 5.74) is -0.916. The highest BCUT2D eigenvalue weighted by atomic mass is 16.6. The molecule has 0 aromatic carbocycles. The molecule has 1 fully saturated rings. The van der Waals surface area contributed by atoms with Crippen LogP contribution in [0.5, 0.6) is 0 Å². The molecule has 1 aliphatic rings. The number of likely N-dealkylation sites (N-methyl/N-ethyl adjacent to an activating group) is 1. The number of ether oxygens (including phenoxy) is 1. The van der Waals surface area contributed by atoms with E-state index in [2.05, 4.69) is 16.0 Å². The molecule has 4 N–H and O–H groups in total. The number of ketones is 1. The Morgan fingerprint density at radius 2 is 1.35 bits per heavy atom. The molecule has 1 aliphatic heterocycles. The monoisotopic (exact) mass is 526 g/mol. The first-order chi connectivity index (χ1) is 17.1. The summed E-state index contributed by atoms with van der Waals surface area (Å²) in [4.78, 5) is 54.5. The van der Waals surface area contributed by atoms with Crippen LogP contribution in [0, 0.1) is 17.8 Å². The highest BCUT2D eigenvalue weighted by molar-refractivity contribution is 5.98. The van der Waals surface area contributed by atoms with Crippen LogP contribution in [0.2, 0.25) is 0 Å². The second-order valence-corrected chi connectivity index (χ2v) is 11.5. The third kappa shape index (κ3) is 9.33. The molecule has 0 saturated carbocycles. The second kappa shape index (κ2) is 14.2. The second-order valence-electron chi connectivity index (χ2n) is 11.5. The number of aliphatic hydroxyl groups excluding tert-OH is 1. The van der Waals surface area contributed by atoms with Gasteiger partial charge in [-0.25, -0.2) is 0 Å². The van der Waals surface area contributed by atoms with Gasteiger partial charge in [-0.15, -0.1) is 0 Å². The van der Waals surface area contributed by atoms with Crippen LogP contribution < -0.4 is 16.0 Å². The van der Waals surface area contributed by atoms with Gasteiger partial charge in [0.2, 0.25) is 17.7 Å². The van der Waals surface area contributed by atoms with E-state index in [-0.39, 0.29) is 29.4 Å². The molecule has 1 unspecified atom stereocenters. The maximum absolute atomic E-state index is 13.4. The van der Waals surface area contributed by atoms with E-state index in [4.69, 9.17) is 4.74 Å². The summed E-state index contributed by atoms with van der Waals surface area (Å²) in [5, 5.41) is 18.6. The first-order valence-corrected chi connectivity index (χ1v) is 13.5. The van der Waals surface area contributed by atoms with Gasteiger partial charge in [-0.3, -0.25) is 24.1 Å². The molecule has 10 nitrogen and oxygen atoms in total. The minimum Gasteiger partial charge on any atom is -0.391 e. The number of hydrogen-bond acceptors (Lipinski definition) is 7. The number of aliphatic hydroxyl groups is 1. The molecule has 10 heteroatoms. The van der Waals surface area contributed by atoms with Gasteiger partial charge in [0.1, 0.15) is 17.7 Å². The third-order valence-corrected chi connectivity index (χ3v) is 7.30. The normalized spacial score (nSPS) is 22.8. The standard InChI is InChI=1S/C27H50N4O6/c1-11-16(5)20(29-26(36)22(31(9)10)17(6)12-2)24(34)30-21(18(7)32)25(35)28-19(13-15(3)4)23(33)27(8)14-37-27/h15-22,32H,11-14H2,1-10H3,(H,28,35)(H,29,36)(H,30,34)/t16-,17-,18+,19?,20-,21-,22-,27+/m0/s1. The lowest BCUT2D eigenvalue weighted by Crippen LogP contribution is -2.61. The molecule has 1 saturated heterocycles. The Morgan fingerprint density at radius 1 is 0.865 bits per heavy atom. The summed E-state index contributed by atoms with van der Waals surface area (Å²) in [5.74, 6) is -1.74. The maximum atomic E-state index is 13.4. The molecule has 214 valence electrons. The number of Topliss-reactive ketones (excluding diaryl/α,β-unsaturated/α-hetero) is 1. The average molecular weight is 527 g/mol. The molecule has 0 bridgehead atoms. The lowest BCUT2D eigenvalue weighted by atomic mass is 9.93. The van der Waals surface area contributed by atoms with Gasteiger partial charge in [0.25, 0.3) is 0 Å². The van der Waals surface area contributed by atoms with E-state index in [1.54, 1.807) is 6.92 Å². The van der Waals surface area contributed by atoms with Crippen LogP contribution in [-0.4, -0.2) is 90.1 Å². The predicted octanol–water partition coefficient (Wildman–Crippen LogP) is 1.25. The molecule has 37 heavy (non-hydrogen) atoms. The Labute approximate surface area is 222 Å². The number of nitrogens with zero attached hydrogens (tertiary/aromatic N) is 1. The van der Waals surface area contributed by atoms with Crippen molar-refractivity contribution in [3.8, 4) is 0 Å². The van der Waals surface area contributed by atoms with Crippen molar-refractivity contribution in [1.82, 2.24) is 20.9 Å². The van der Waals surface area contributed by atoms with Crippen molar-refractivity contribution in [3.05, 3.63) is 0 Å². The molecule has 0 aliphatic carbocycles. The van der Waals surface area contributed by atoms with E-state index < -0.39 is 47.7 Å². The smallest absolute Gasteiger partial charge is 0.245 e. The lowest BCUT2D eigenvalue weighted by Gasteiger charge is -2.32. The molecule has 0 aromatic heterocycles. The third-order valence-electron chi connectivity index (χ3n) is 7.30. The quantitative estimate of drug-likeness (QED) is 0.222. The van der Waals surface area contributed by atoms with Crippen LogP contribution in [0.15, 0.2) is 0 Å². The van der Waals surface area contributed by atoms with E-state index in [0.29, 0.717) is 19.4 Å².